The van der Waals surface area contributed by atoms with E-state index in [1.807, 2.05) is 36.4 Å². The van der Waals surface area contributed by atoms with Crippen molar-refractivity contribution in [3.05, 3.63) is 55.1 Å². The SMILES string of the molecule is O=C(NCC(Br)c1ccccc1)c1cc(Br)c(Br)s1. The Labute approximate surface area is 141 Å². The minimum atomic E-state index is -0.0585. The van der Waals surface area contributed by atoms with Gasteiger partial charge in [0.2, 0.25) is 0 Å². The Balaban J connectivity index is 1.94. The molecule has 0 aliphatic carbocycles. The van der Waals surface area contributed by atoms with Crippen LogP contribution < -0.4 is 5.32 Å². The van der Waals surface area contributed by atoms with E-state index >= 15 is 0 Å². The topological polar surface area (TPSA) is 29.1 Å². The second-order valence-electron chi connectivity index (χ2n) is 3.82. The number of halogens is 3. The fourth-order valence-electron chi connectivity index (χ4n) is 1.51. The maximum absolute atomic E-state index is 12.0. The van der Waals surface area contributed by atoms with Gasteiger partial charge in [0, 0.05) is 11.0 Å². The second kappa shape index (κ2) is 7.02. The summed E-state index contributed by atoms with van der Waals surface area (Å²) in [6.45, 7) is 0.552. The molecule has 1 N–H and O–H groups in total. The van der Waals surface area contributed by atoms with Crippen molar-refractivity contribution >= 4 is 65.0 Å². The highest BCUT2D eigenvalue weighted by molar-refractivity contribution is 9.13. The van der Waals surface area contributed by atoms with Crippen molar-refractivity contribution in [2.45, 2.75) is 4.83 Å². The van der Waals surface area contributed by atoms with E-state index in [1.54, 1.807) is 0 Å². The largest absolute Gasteiger partial charge is 0.350 e. The van der Waals surface area contributed by atoms with Gasteiger partial charge in [-0.1, -0.05) is 46.3 Å². The number of carbonyl (C=O) groups is 1. The lowest BCUT2D eigenvalue weighted by Gasteiger charge is -2.10. The summed E-state index contributed by atoms with van der Waals surface area (Å²) >= 11 is 11.7. The third-order valence-electron chi connectivity index (χ3n) is 2.47. The fourth-order valence-corrected chi connectivity index (χ4v) is 3.93. The van der Waals surface area contributed by atoms with E-state index in [2.05, 4.69) is 53.1 Å². The Morgan fingerprint density at radius 2 is 1.95 bits per heavy atom. The Morgan fingerprint density at radius 3 is 2.53 bits per heavy atom. The van der Waals surface area contributed by atoms with Gasteiger partial charge < -0.3 is 5.32 Å². The second-order valence-corrected chi connectivity index (χ2v) is 8.15. The van der Waals surface area contributed by atoms with Gasteiger partial charge in [-0.25, -0.2) is 0 Å². The molecule has 2 rings (SSSR count). The van der Waals surface area contributed by atoms with Crippen LogP contribution in [0.2, 0.25) is 0 Å². The lowest BCUT2D eigenvalue weighted by Crippen LogP contribution is -2.25. The van der Waals surface area contributed by atoms with Crippen molar-refractivity contribution in [3.8, 4) is 0 Å². The molecule has 0 spiro atoms. The number of benzene rings is 1. The summed E-state index contributed by atoms with van der Waals surface area (Å²) in [7, 11) is 0. The zero-order valence-electron chi connectivity index (χ0n) is 9.70. The van der Waals surface area contributed by atoms with Gasteiger partial charge in [-0.2, -0.15) is 0 Å². The number of nitrogens with one attached hydrogen (secondary N) is 1. The molecule has 0 fully saturated rings. The van der Waals surface area contributed by atoms with Crippen LogP contribution >= 0.6 is 59.1 Å². The van der Waals surface area contributed by atoms with Crippen LogP contribution in [-0.4, -0.2) is 12.5 Å². The molecule has 0 aliphatic heterocycles. The molecule has 0 aliphatic rings. The summed E-state index contributed by atoms with van der Waals surface area (Å²) in [6.07, 6.45) is 0. The van der Waals surface area contributed by atoms with Crippen LogP contribution in [0.5, 0.6) is 0 Å². The van der Waals surface area contributed by atoms with Crippen molar-refractivity contribution in [2.24, 2.45) is 0 Å². The van der Waals surface area contributed by atoms with Crippen LogP contribution in [0, 0.1) is 0 Å². The number of amides is 1. The predicted octanol–water partition coefficient (Wildman–Crippen LogP) is 5.14. The first-order chi connectivity index (χ1) is 9.08. The smallest absolute Gasteiger partial charge is 0.261 e. The number of hydrogen-bond donors (Lipinski definition) is 1. The Morgan fingerprint density at radius 1 is 1.26 bits per heavy atom. The Bertz CT molecular complexity index is 551. The molecule has 1 amide bonds. The molecule has 0 radical (unpaired) electrons. The van der Waals surface area contributed by atoms with Crippen LogP contribution in [0.4, 0.5) is 0 Å². The highest BCUT2D eigenvalue weighted by atomic mass is 79.9. The van der Waals surface area contributed by atoms with E-state index in [9.17, 15) is 4.79 Å². The number of hydrogen-bond acceptors (Lipinski definition) is 2. The van der Waals surface area contributed by atoms with E-state index in [1.165, 1.54) is 11.3 Å². The van der Waals surface area contributed by atoms with Gasteiger partial charge in [-0.15, -0.1) is 11.3 Å². The molecule has 100 valence electrons. The van der Waals surface area contributed by atoms with Crippen LogP contribution in [0.25, 0.3) is 0 Å². The summed E-state index contributed by atoms with van der Waals surface area (Å²) in [4.78, 5) is 12.8. The summed E-state index contributed by atoms with van der Waals surface area (Å²) < 4.78 is 1.83. The molecule has 6 heteroatoms. The van der Waals surface area contributed by atoms with Crippen molar-refractivity contribution in [1.29, 1.82) is 0 Å². The molecule has 1 aromatic heterocycles. The van der Waals surface area contributed by atoms with E-state index in [0.717, 1.165) is 13.8 Å². The summed E-state index contributed by atoms with van der Waals surface area (Å²) in [5.41, 5.74) is 1.15. The normalized spacial score (nSPS) is 12.2. The van der Waals surface area contributed by atoms with Crippen molar-refractivity contribution in [3.63, 3.8) is 0 Å². The molecule has 0 saturated heterocycles. The van der Waals surface area contributed by atoms with Gasteiger partial charge >= 0.3 is 0 Å². The first kappa shape index (κ1) is 15.2. The predicted molar refractivity (Wildman–Crippen MR) is 90.2 cm³/mol. The van der Waals surface area contributed by atoms with Gasteiger partial charge in [0.05, 0.1) is 13.5 Å². The van der Waals surface area contributed by atoms with Crippen LogP contribution in [-0.2, 0) is 0 Å². The van der Waals surface area contributed by atoms with E-state index < -0.39 is 0 Å². The maximum Gasteiger partial charge on any atom is 0.261 e. The molecule has 0 bridgehead atoms. The third kappa shape index (κ3) is 4.15. The number of carbonyl (C=O) groups excluding carboxylic acids is 1. The average molecular weight is 468 g/mol. The highest BCUT2D eigenvalue weighted by Crippen LogP contribution is 2.32. The van der Waals surface area contributed by atoms with Gasteiger partial charge in [-0.05, 0) is 43.5 Å². The number of alkyl halides is 1. The molecular formula is C13H10Br3NOS. The first-order valence-corrected chi connectivity index (χ1v) is 8.82. The molecule has 1 unspecified atom stereocenters. The minimum absolute atomic E-state index is 0.0585. The van der Waals surface area contributed by atoms with Crippen molar-refractivity contribution in [2.75, 3.05) is 6.54 Å². The summed E-state index contributed by atoms with van der Waals surface area (Å²) in [6, 6.07) is 11.8. The van der Waals surface area contributed by atoms with Crippen LogP contribution in [0.15, 0.2) is 44.7 Å². The van der Waals surface area contributed by atoms with Crippen LogP contribution in [0.3, 0.4) is 0 Å². The van der Waals surface area contributed by atoms with Gasteiger partial charge in [0.15, 0.2) is 0 Å². The van der Waals surface area contributed by atoms with Gasteiger partial charge in [0.25, 0.3) is 5.91 Å². The Hall–Kier alpha value is -0.170. The monoisotopic (exact) mass is 465 g/mol. The average Bonchev–Trinajstić information content (AvgIpc) is 2.77. The fraction of sp³-hybridized carbons (Fsp3) is 0.154. The molecule has 1 atom stereocenters. The van der Waals surface area contributed by atoms with E-state index in [-0.39, 0.29) is 10.7 Å². The molecule has 19 heavy (non-hydrogen) atoms. The van der Waals surface area contributed by atoms with Gasteiger partial charge in [-0.3, -0.25) is 4.79 Å². The molecule has 1 heterocycles. The van der Waals surface area contributed by atoms with Crippen LogP contribution in [0.1, 0.15) is 20.1 Å². The summed E-state index contributed by atoms with van der Waals surface area (Å²) in [5, 5.41) is 2.92. The molecular weight excluding hydrogens is 458 g/mol. The zero-order valence-corrected chi connectivity index (χ0v) is 15.3. The number of thiophene rings is 1. The number of rotatable bonds is 4. The van der Waals surface area contributed by atoms with E-state index in [0.29, 0.717) is 11.4 Å². The third-order valence-corrected chi connectivity index (χ3v) is 6.58. The summed E-state index contributed by atoms with van der Waals surface area (Å²) in [5.74, 6) is -0.0585. The molecule has 0 saturated carbocycles. The first-order valence-electron chi connectivity index (χ1n) is 5.50. The minimum Gasteiger partial charge on any atom is -0.350 e. The van der Waals surface area contributed by atoms with Crippen molar-refractivity contribution < 1.29 is 4.79 Å². The van der Waals surface area contributed by atoms with Crippen molar-refractivity contribution in [1.82, 2.24) is 5.32 Å². The molecule has 2 aromatic rings. The standard InChI is InChI=1S/C13H10Br3NOS/c14-9-6-11(19-12(9)16)13(18)17-7-10(15)8-4-2-1-3-5-8/h1-6,10H,7H2,(H,17,18). The highest BCUT2D eigenvalue weighted by Gasteiger charge is 2.14. The quantitative estimate of drug-likeness (QED) is 0.620. The maximum atomic E-state index is 12.0. The van der Waals surface area contributed by atoms with E-state index in [4.69, 9.17) is 0 Å². The zero-order chi connectivity index (χ0) is 13.8. The lowest BCUT2D eigenvalue weighted by atomic mass is 10.1. The van der Waals surface area contributed by atoms with Gasteiger partial charge in [0.1, 0.15) is 0 Å². The Kier molecular flexibility index (Phi) is 5.62. The lowest BCUT2D eigenvalue weighted by molar-refractivity contribution is 0.0958. The molecule has 1 aromatic carbocycles. The molecule has 2 nitrogen and oxygen atoms in total.